The fourth-order valence-electron chi connectivity index (χ4n) is 3.11. The molecule has 150 valence electrons. The summed E-state index contributed by atoms with van der Waals surface area (Å²) in [6.07, 6.45) is 2.47. The van der Waals surface area contributed by atoms with E-state index in [4.69, 9.17) is 11.6 Å². The third kappa shape index (κ3) is 6.68. The van der Waals surface area contributed by atoms with Crippen molar-refractivity contribution in [2.75, 3.05) is 6.54 Å². The van der Waals surface area contributed by atoms with E-state index in [1.54, 1.807) is 11.0 Å². The molecule has 0 heterocycles. The van der Waals surface area contributed by atoms with E-state index in [1.165, 1.54) is 0 Å². The Morgan fingerprint density at radius 1 is 1.00 bits per heavy atom. The molecule has 0 aromatic heterocycles. The number of halogens is 1. The minimum absolute atomic E-state index is 0.0185. The minimum Gasteiger partial charge on any atom is -0.354 e. The normalized spacial score (nSPS) is 11.7. The second kappa shape index (κ2) is 11.5. The molecule has 1 unspecified atom stereocenters. The maximum atomic E-state index is 13.0. The summed E-state index contributed by atoms with van der Waals surface area (Å²) in [5.41, 5.74) is 1.94. The molecule has 4 nitrogen and oxygen atoms in total. The molecule has 0 aliphatic heterocycles. The third-order valence-electron chi connectivity index (χ3n) is 4.53. The van der Waals surface area contributed by atoms with Gasteiger partial charge in [0.2, 0.25) is 11.8 Å². The number of hydrogen-bond acceptors (Lipinski definition) is 2. The number of amides is 2. The van der Waals surface area contributed by atoms with Crippen LogP contribution in [0.1, 0.15) is 44.2 Å². The van der Waals surface area contributed by atoms with Crippen molar-refractivity contribution in [3.8, 4) is 0 Å². The Labute approximate surface area is 172 Å². The number of nitrogens with one attached hydrogen (secondary N) is 1. The molecule has 28 heavy (non-hydrogen) atoms. The molecule has 0 bridgehead atoms. The molecule has 0 radical (unpaired) electrons. The van der Waals surface area contributed by atoms with Crippen LogP contribution in [0.3, 0.4) is 0 Å². The van der Waals surface area contributed by atoms with Crippen LogP contribution in [0.5, 0.6) is 0 Å². The maximum Gasteiger partial charge on any atom is 0.243 e. The van der Waals surface area contributed by atoms with E-state index in [9.17, 15) is 9.59 Å². The first-order valence-electron chi connectivity index (χ1n) is 9.90. The largest absolute Gasteiger partial charge is 0.354 e. The zero-order valence-electron chi connectivity index (χ0n) is 16.7. The Balaban J connectivity index is 2.34. The van der Waals surface area contributed by atoms with Gasteiger partial charge in [0.1, 0.15) is 6.04 Å². The lowest BCUT2D eigenvalue weighted by Crippen LogP contribution is -2.50. The summed E-state index contributed by atoms with van der Waals surface area (Å²) in [6, 6.07) is 16.7. The van der Waals surface area contributed by atoms with E-state index in [-0.39, 0.29) is 11.8 Å². The van der Waals surface area contributed by atoms with Gasteiger partial charge < -0.3 is 10.2 Å². The lowest BCUT2D eigenvalue weighted by atomic mass is 10.0. The van der Waals surface area contributed by atoms with Crippen molar-refractivity contribution in [3.63, 3.8) is 0 Å². The number of carbonyl (C=O) groups excluding carboxylic acids is 2. The minimum atomic E-state index is -0.563. The van der Waals surface area contributed by atoms with E-state index in [2.05, 4.69) is 5.32 Å². The highest BCUT2D eigenvalue weighted by Gasteiger charge is 2.29. The van der Waals surface area contributed by atoms with Gasteiger partial charge in [-0.05, 0) is 36.1 Å². The highest BCUT2D eigenvalue weighted by atomic mass is 35.5. The standard InChI is InChI=1S/C23H29ClN2O2/c1-3-9-22(27)26(17-19-12-8-13-20(24)15-19)21(23(28)25-14-4-2)16-18-10-6-5-7-11-18/h5-8,10-13,15,21H,3-4,9,14,16-17H2,1-2H3,(H,25,28). The second-order valence-corrected chi connectivity index (χ2v) is 7.33. The van der Waals surface area contributed by atoms with Gasteiger partial charge in [0.15, 0.2) is 0 Å². The van der Waals surface area contributed by atoms with Crippen LogP contribution in [-0.2, 0) is 22.6 Å². The molecule has 0 aliphatic carbocycles. The number of nitrogens with zero attached hydrogens (tertiary/aromatic N) is 1. The Hall–Kier alpha value is -2.33. The molecule has 0 saturated heterocycles. The summed E-state index contributed by atoms with van der Waals surface area (Å²) in [6.45, 7) is 4.94. The number of rotatable bonds is 10. The van der Waals surface area contributed by atoms with Crippen molar-refractivity contribution in [1.82, 2.24) is 10.2 Å². The SMILES string of the molecule is CCCNC(=O)C(Cc1ccccc1)N(Cc1cccc(Cl)c1)C(=O)CCC. The lowest BCUT2D eigenvalue weighted by molar-refractivity contribution is -0.141. The van der Waals surface area contributed by atoms with Crippen LogP contribution < -0.4 is 5.32 Å². The fraction of sp³-hybridized carbons (Fsp3) is 0.391. The van der Waals surface area contributed by atoms with Gasteiger partial charge in [-0.15, -0.1) is 0 Å². The topological polar surface area (TPSA) is 49.4 Å². The van der Waals surface area contributed by atoms with Gasteiger partial charge in [-0.1, -0.05) is 67.9 Å². The smallest absolute Gasteiger partial charge is 0.243 e. The monoisotopic (exact) mass is 400 g/mol. The van der Waals surface area contributed by atoms with E-state index >= 15 is 0 Å². The average Bonchev–Trinajstić information content (AvgIpc) is 2.69. The highest BCUT2D eigenvalue weighted by Crippen LogP contribution is 2.18. The Morgan fingerprint density at radius 2 is 1.71 bits per heavy atom. The van der Waals surface area contributed by atoms with Crippen LogP contribution in [0.2, 0.25) is 5.02 Å². The van der Waals surface area contributed by atoms with Crippen molar-refractivity contribution < 1.29 is 9.59 Å². The van der Waals surface area contributed by atoms with Gasteiger partial charge in [0.25, 0.3) is 0 Å². The number of benzene rings is 2. The van der Waals surface area contributed by atoms with Crippen molar-refractivity contribution in [2.24, 2.45) is 0 Å². The highest BCUT2D eigenvalue weighted by molar-refractivity contribution is 6.30. The zero-order valence-corrected chi connectivity index (χ0v) is 17.4. The molecular weight excluding hydrogens is 372 g/mol. The zero-order chi connectivity index (χ0) is 20.4. The van der Waals surface area contributed by atoms with Gasteiger partial charge in [0.05, 0.1) is 0 Å². The van der Waals surface area contributed by atoms with Crippen molar-refractivity contribution in [1.29, 1.82) is 0 Å². The number of hydrogen-bond donors (Lipinski definition) is 1. The summed E-state index contributed by atoms with van der Waals surface area (Å²) >= 11 is 6.13. The fourth-order valence-corrected chi connectivity index (χ4v) is 3.32. The molecule has 0 aliphatic rings. The molecule has 5 heteroatoms. The van der Waals surface area contributed by atoms with Gasteiger partial charge in [0, 0.05) is 31.0 Å². The molecule has 1 atom stereocenters. The molecule has 0 spiro atoms. The van der Waals surface area contributed by atoms with E-state index in [0.29, 0.717) is 31.0 Å². The summed E-state index contributed by atoms with van der Waals surface area (Å²) < 4.78 is 0. The molecule has 2 amide bonds. The Morgan fingerprint density at radius 3 is 2.36 bits per heavy atom. The van der Waals surface area contributed by atoms with Gasteiger partial charge in [-0.2, -0.15) is 0 Å². The predicted molar refractivity (Wildman–Crippen MR) is 114 cm³/mol. The predicted octanol–water partition coefficient (Wildman–Crippen LogP) is 4.61. The van der Waals surface area contributed by atoms with Gasteiger partial charge >= 0.3 is 0 Å². The Bertz CT molecular complexity index is 764. The van der Waals surface area contributed by atoms with Crippen LogP contribution in [0, 0.1) is 0 Å². The Kier molecular flexibility index (Phi) is 9.02. The average molecular weight is 401 g/mol. The first-order chi connectivity index (χ1) is 13.5. The molecule has 2 rings (SSSR count). The summed E-state index contributed by atoms with van der Waals surface area (Å²) in [7, 11) is 0. The third-order valence-corrected chi connectivity index (χ3v) is 4.76. The van der Waals surface area contributed by atoms with E-state index in [0.717, 1.165) is 24.0 Å². The molecule has 2 aromatic rings. The molecule has 0 fully saturated rings. The van der Waals surface area contributed by atoms with Crippen LogP contribution in [0.25, 0.3) is 0 Å². The van der Waals surface area contributed by atoms with Crippen molar-refractivity contribution in [2.45, 2.75) is 52.1 Å². The first kappa shape index (κ1) is 22.0. The van der Waals surface area contributed by atoms with Gasteiger partial charge in [-0.3, -0.25) is 9.59 Å². The second-order valence-electron chi connectivity index (χ2n) is 6.90. The first-order valence-corrected chi connectivity index (χ1v) is 10.3. The van der Waals surface area contributed by atoms with E-state index < -0.39 is 6.04 Å². The quantitative estimate of drug-likeness (QED) is 0.633. The summed E-state index contributed by atoms with van der Waals surface area (Å²) in [5.74, 6) is -0.132. The van der Waals surface area contributed by atoms with Crippen LogP contribution in [0.15, 0.2) is 54.6 Å². The van der Waals surface area contributed by atoms with Crippen molar-refractivity contribution >= 4 is 23.4 Å². The molecule has 2 aromatic carbocycles. The lowest BCUT2D eigenvalue weighted by Gasteiger charge is -2.31. The summed E-state index contributed by atoms with van der Waals surface area (Å²) in [4.78, 5) is 27.6. The maximum absolute atomic E-state index is 13.0. The van der Waals surface area contributed by atoms with Crippen LogP contribution >= 0.6 is 11.6 Å². The van der Waals surface area contributed by atoms with Gasteiger partial charge in [-0.25, -0.2) is 0 Å². The van der Waals surface area contributed by atoms with E-state index in [1.807, 2.05) is 62.4 Å². The molecular formula is C23H29ClN2O2. The van der Waals surface area contributed by atoms with Crippen LogP contribution in [0.4, 0.5) is 0 Å². The number of carbonyl (C=O) groups is 2. The van der Waals surface area contributed by atoms with Crippen LogP contribution in [-0.4, -0.2) is 29.3 Å². The molecule has 1 N–H and O–H groups in total. The van der Waals surface area contributed by atoms with Crippen molar-refractivity contribution in [3.05, 3.63) is 70.7 Å². The molecule has 0 saturated carbocycles. The summed E-state index contributed by atoms with van der Waals surface area (Å²) in [5, 5.41) is 3.59.